The van der Waals surface area contributed by atoms with Gasteiger partial charge in [-0.15, -0.1) is 0 Å². The second-order valence-corrected chi connectivity index (χ2v) is 7.53. The molecular formula is C26H20FN5O. The molecule has 3 N–H and O–H groups in total. The predicted molar refractivity (Wildman–Crippen MR) is 128 cm³/mol. The summed E-state index contributed by atoms with van der Waals surface area (Å²) in [4.78, 5) is 24.8. The Morgan fingerprint density at radius 1 is 0.970 bits per heavy atom. The van der Waals surface area contributed by atoms with Gasteiger partial charge in [-0.3, -0.25) is 9.78 Å². The molecule has 2 aromatic carbocycles. The third-order valence-corrected chi connectivity index (χ3v) is 5.23. The fraction of sp³-hybridized carbons (Fsp3) is 0.0385. The fourth-order valence-corrected chi connectivity index (χ4v) is 3.63. The van der Waals surface area contributed by atoms with Gasteiger partial charge in [-0.1, -0.05) is 18.2 Å². The van der Waals surface area contributed by atoms with Crippen molar-refractivity contribution >= 4 is 34.0 Å². The number of rotatable bonds is 6. The van der Waals surface area contributed by atoms with E-state index in [1.807, 2.05) is 42.6 Å². The normalized spacial score (nSPS) is 10.8. The fourth-order valence-electron chi connectivity index (χ4n) is 3.63. The van der Waals surface area contributed by atoms with E-state index in [0.717, 1.165) is 33.7 Å². The van der Waals surface area contributed by atoms with Crippen molar-refractivity contribution in [2.75, 3.05) is 10.6 Å². The first-order valence-corrected chi connectivity index (χ1v) is 10.4. The monoisotopic (exact) mass is 437 g/mol. The molecule has 5 aromatic rings. The standard InChI is InChI=1S/C26H20FN5O/c27-15-17-4-1-7-20(12-17)31-26(33)18-5-2-8-21(13-18)30-24-14-23(19-6-3-10-28-16-19)32-25-22(24)9-11-29-25/h1-14,16H,15H2,(H,31,33)(H2,29,30,32). The van der Waals surface area contributed by atoms with Crippen LogP contribution in [0.3, 0.4) is 0 Å². The summed E-state index contributed by atoms with van der Waals surface area (Å²) in [6.07, 6.45) is 5.33. The molecule has 0 saturated carbocycles. The SMILES string of the molecule is O=C(Nc1cccc(CF)c1)c1cccc(Nc2cc(-c3cccnc3)nc3[nH]ccc23)c1. The Morgan fingerprint density at radius 2 is 1.85 bits per heavy atom. The predicted octanol–water partition coefficient (Wildman–Crippen LogP) is 6.09. The largest absolute Gasteiger partial charge is 0.355 e. The average Bonchev–Trinajstić information content (AvgIpc) is 3.34. The van der Waals surface area contributed by atoms with Crippen LogP contribution in [0.4, 0.5) is 21.5 Å². The molecule has 6 nitrogen and oxygen atoms in total. The van der Waals surface area contributed by atoms with Gasteiger partial charge in [-0.25, -0.2) is 9.37 Å². The number of halogens is 1. The number of hydrogen-bond acceptors (Lipinski definition) is 4. The number of alkyl halides is 1. The molecule has 0 radical (unpaired) electrons. The summed E-state index contributed by atoms with van der Waals surface area (Å²) in [5.41, 5.74) is 5.60. The lowest BCUT2D eigenvalue weighted by atomic mass is 10.1. The maximum absolute atomic E-state index is 12.9. The first-order chi connectivity index (χ1) is 16.2. The van der Waals surface area contributed by atoms with Gasteiger partial charge in [0.25, 0.3) is 5.91 Å². The lowest BCUT2D eigenvalue weighted by Crippen LogP contribution is -2.12. The number of benzene rings is 2. The van der Waals surface area contributed by atoms with E-state index in [9.17, 15) is 9.18 Å². The van der Waals surface area contributed by atoms with Crippen LogP contribution in [0.1, 0.15) is 15.9 Å². The lowest BCUT2D eigenvalue weighted by Gasteiger charge is -2.12. The van der Waals surface area contributed by atoms with Crippen molar-refractivity contribution < 1.29 is 9.18 Å². The minimum absolute atomic E-state index is 0.271. The topological polar surface area (TPSA) is 82.7 Å². The van der Waals surface area contributed by atoms with E-state index < -0.39 is 6.67 Å². The summed E-state index contributed by atoms with van der Waals surface area (Å²) in [6.45, 7) is -0.580. The van der Waals surface area contributed by atoms with Crippen LogP contribution >= 0.6 is 0 Å². The third-order valence-electron chi connectivity index (χ3n) is 5.23. The Bertz CT molecular complexity index is 1430. The number of amides is 1. The van der Waals surface area contributed by atoms with E-state index in [1.165, 1.54) is 0 Å². The third kappa shape index (κ3) is 4.43. The zero-order valence-electron chi connectivity index (χ0n) is 17.5. The van der Waals surface area contributed by atoms with Crippen LogP contribution in [0.2, 0.25) is 0 Å². The molecule has 33 heavy (non-hydrogen) atoms. The first kappa shape index (κ1) is 20.4. The summed E-state index contributed by atoms with van der Waals surface area (Å²) in [6, 6.07) is 21.7. The van der Waals surface area contributed by atoms with Gasteiger partial charge in [0.2, 0.25) is 0 Å². The second kappa shape index (κ2) is 8.92. The summed E-state index contributed by atoms with van der Waals surface area (Å²) in [5.74, 6) is -0.271. The highest BCUT2D eigenvalue weighted by atomic mass is 19.1. The number of H-pyrrole nitrogens is 1. The molecule has 162 valence electrons. The highest BCUT2D eigenvalue weighted by Crippen LogP contribution is 2.30. The van der Waals surface area contributed by atoms with Gasteiger partial charge in [-0.05, 0) is 60.2 Å². The van der Waals surface area contributed by atoms with E-state index in [0.29, 0.717) is 16.8 Å². The minimum atomic E-state index is -0.580. The zero-order chi connectivity index (χ0) is 22.6. The van der Waals surface area contributed by atoms with Crippen molar-refractivity contribution in [3.63, 3.8) is 0 Å². The Labute approximate surface area is 189 Å². The van der Waals surface area contributed by atoms with Gasteiger partial charge in [0.1, 0.15) is 12.3 Å². The number of nitrogens with one attached hydrogen (secondary N) is 3. The summed E-state index contributed by atoms with van der Waals surface area (Å²) >= 11 is 0. The Hall–Kier alpha value is -4.52. The molecule has 5 rings (SSSR count). The van der Waals surface area contributed by atoms with Crippen LogP contribution in [0, 0.1) is 0 Å². The highest BCUT2D eigenvalue weighted by Gasteiger charge is 2.11. The second-order valence-electron chi connectivity index (χ2n) is 7.53. The number of nitrogens with zero attached hydrogens (tertiary/aromatic N) is 2. The number of hydrogen-bond donors (Lipinski definition) is 3. The minimum Gasteiger partial charge on any atom is -0.355 e. The van der Waals surface area contributed by atoms with Crippen LogP contribution in [0.5, 0.6) is 0 Å². The first-order valence-electron chi connectivity index (χ1n) is 10.4. The van der Waals surface area contributed by atoms with Crippen LogP contribution in [0.25, 0.3) is 22.3 Å². The quantitative estimate of drug-likeness (QED) is 0.300. The number of aromatic nitrogens is 3. The molecule has 0 bridgehead atoms. The van der Waals surface area contributed by atoms with E-state index in [1.54, 1.807) is 48.8 Å². The Morgan fingerprint density at radius 3 is 2.70 bits per heavy atom. The smallest absolute Gasteiger partial charge is 0.255 e. The average molecular weight is 437 g/mol. The van der Waals surface area contributed by atoms with E-state index in [-0.39, 0.29) is 5.91 Å². The van der Waals surface area contributed by atoms with Gasteiger partial charge in [0.05, 0.1) is 11.4 Å². The van der Waals surface area contributed by atoms with Crippen LogP contribution in [-0.2, 0) is 6.67 Å². The van der Waals surface area contributed by atoms with Crippen LogP contribution in [0.15, 0.2) is 91.4 Å². The lowest BCUT2D eigenvalue weighted by molar-refractivity contribution is 0.102. The van der Waals surface area contributed by atoms with E-state index >= 15 is 0 Å². The van der Waals surface area contributed by atoms with Crippen molar-refractivity contribution in [2.45, 2.75) is 6.67 Å². The number of pyridine rings is 2. The molecule has 0 saturated heterocycles. The molecule has 3 heterocycles. The zero-order valence-corrected chi connectivity index (χ0v) is 17.5. The van der Waals surface area contributed by atoms with Crippen molar-refractivity contribution in [3.8, 4) is 11.3 Å². The summed E-state index contributed by atoms with van der Waals surface area (Å²) in [7, 11) is 0. The molecule has 0 aliphatic heterocycles. The Kier molecular flexibility index (Phi) is 5.51. The molecule has 0 fully saturated rings. The molecule has 0 atom stereocenters. The molecular weight excluding hydrogens is 417 g/mol. The number of carbonyl (C=O) groups excluding carboxylic acids is 1. The van der Waals surface area contributed by atoms with E-state index in [2.05, 4.69) is 25.6 Å². The molecule has 0 unspecified atom stereocenters. The maximum atomic E-state index is 12.9. The number of aromatic amines is 1. The van der Waals surface area contributed by atoms with Crippen molar-refractivity contribution in [1.29, 1.82) is 0 Å². The molecule has 0 spiro atoms. The summed E-state index contributed by atoms with van der Waals surface area (Å²) in [5, 5.41) is 7.17. The van der Waals surface area contributed by atoms with Gasteiger partial charge in [0, 0.05) is 46.5 Å². The van der Waals surface area contributed by atoms with Crippen LogP contribution in [-0.4, -0.2) is 20.9 Å². The van der Waals surface area contributed by atoms with Gasteiger partial charge < -0.3 is 15.6 Å². The Balaban J connectivity index is 1.43. The molecule has 3 aromatic heterocycles. The van der Waals surface area contributed by atoms with Gasteiger partial charge >= 0.3 is 0 Å². The maximum Gasteiger partial charge on any atom is 0.255 e. The van der Waals surface area contributed by atoms with Crippen molar-refractivity contribution in [3.05, 3.63) is 103 Å². The van der Waals surface area contributed by atoms with Gasteiger partial charge in [-0.2, -0.15) is 0 Å². The van der Waals surface area contributed by atoms with Crippen molar-refractivity contribution in [2.24, 2.45) is 0 Å². The molecule has 0 aliphatic rings. The van der Waals surface area contributed by atoms with Crippen LogP contribution < -0.4 is 10.6 Å². The number of fused-ring (bicyclic) bond motifs is 1. The highest BCUT2D eigenvalue weighted by molar-refractivity contribution is 6.05. The molecule has 1 amide bonds. The van der Waals surface area contributed by atoms with E-state index in [4.69, 9.17) is 0 Å². The molecule has 0 aliphatic carbocycles. The molecule has 7 heteroatoms. The van der Waals surface area contributed by atoms with Crippen molar-refractivity contribution in [1.82, 2.24) is 15.0 Å². The summed E-state index contributed by atoms with van der Waals surface area (Å²) < 4.78 is 12.9. The van der Waals surface area contributed by atoms with Gasteiger partial charge in [0.15, 0.2) is 0 Å². The number of carbonyl (C=O) groups is 1. The number of anilines is 3.